The Bertz CT molecular complexity index is 1400. The first-order valence-corrected chi connectivity index (χ1v) is 10.6. The van der Waals surface area contributed by atoms with Crippen molar-refractivity contribution in [2.24, 2.45) is 0 Å². The summed E-state index contributed by atoms with van der Waals surface area (Å²) >= 11 is 0. The molecule has 0 amide bonds. The lowest BCUT2D eigenvalue weighted by Gasteiger charge is -2.29. The van der Waals surface area contributed by atoms with Crippen LogP contribution in [0, 0.1) is 0 Å². The van der Waals surface area contributed by atoms with E-state index < -0.39 is 0 Å². The summed E-state index contributed by atoms with van der Waals surface area (Å²) in [5.74, 6) is 0. The molecule has 1 aliphatic rings. The van der Waals surface area contributed by atoms with E-state index in [1.165, 1.54) is 0 Å². The van der Waals surface area contributed by atoms with Gasteiger partial charge in [-0.05, 0) is 41.0 Å². The Hall–Kier alpha value is -3.41. The van der Waals surface area contributed by atoms with Gasteiger partial charge in [0.05, 0.1) is 31.0 Å². The molecule has 0 saturated carbocycles. The molecule has 154 valence electrons. The van der Waals surface area contributed by atoms with E-state index in [0.717, 1.165) is 68.4 Å². The van der Waals surface area contributed by atoms with Crippen molar-refractivity contribution >= 4 is 38.7 Å². The maximum absolute atomic E-state index is 9.35. The molecule has 1 fully saturated rings. The molecule has 5 nitrogen and oxygen atoms in total. The van der Waals surface area contributed by atoms with E-state index in [-0.39, 0.29) is 6.61 Å². The SMILES string of the molecule is OCc1ccc(-c2ccc3nc4c(oc5ccccc54)c(N4CCOCC4)c3c2)cc1. The number of hydrogen-bond acceptors (Lipinski definition) is 5. The summed E-state index contributed by atoms with van der Waals surface area (Å²) in [5, 5.41) is 11.5. The summed E-state index contributed by atoms with van der Waals surface area (Å²) in [7, 11) is 0. The van der Waals surface area contributed by atoms with Crippen LogP contribution in [0.25, 0.3) is 44.1 Å². The van der Waals surface area contributed by atoms with Crippen molar-refractivity contribution in [1.29, 1.82) is 0 Å². The number of nitrogens with zero attached hydrogens (tertiary/aromatic N) is 2. The number of para-hydroxylation sites is 1. The third-order valence-electron chi connectivity index (χ3n) is 6.07. The number of aromatic nitrogens is 1. The van der Waals surface area contributed by atoms with E-state index in [2.05, 4.69) is 29.2 Å². The maximum atomic E-state index is 9.35. The van der Waals surface area contributed by atoms with Gasteiger partial charge in [0.15, 0.2) is 5.58 Å². The summed E-state index contributed by atoms with van der Waals surface area (Å²) in [6.07, 6.45) is 0. The second-order valence-electron chi connectivity index (χ2n) is 7.92. The first-order valence-electron chi connectivity index (χ1n) is 10.6. The number of aliphatic hydroxyl groups excluding tert-OH is 1. The molecule has 5 heteroatoms. The molecule has 0 radical (unpaired) electrons. The smallest absolute Gasteiger partial charge is 0.177 e. The minimum absolute atomic E-state index is 0.0487. The fourth-order valence-electron chi connectivity index (χ4n) is 4.45. The number of pyridine rings is 1. The highest BCUT2D eigenvalue weighted by molar-refractivity contribution is 6.14. The molecular formula is C26H22N2O3. The minimum Gasteiger partial charge on any atom is -0.452 e. The van der Waals surface area contributed by atoms with E-state index in [9.17, 15) is 5.11 Å². The van der Waals surface area contributed by atoms with Crippen molar-refractivity contribution in [3.63, 3.8) is 0 Å². The number of rotatable bonds is 3. The minimum atomic E-state index is 0.0487. The second kappa shape index (κ2) is 7.38. The molecule has 6 rings (SSSR count). The van der Waals surface area contributed by atoms with Crippen LogP contribution in [0.5, 0.6) is 0 Å². The van der Waals surface area contributed by atoms with Crippen molar-refractivity contribution in [2.45, 2.75) is 6.61 Å². The van der Waals surface area contributed by atoms with E-state index in [0.29, 0.717) is 13.2 Å². The molecule has 1 saturated heterocycles. The van der Waals surface area contributed by atoms with Crippen LogP contribution in [-0.4, -0.2) is 36.4 Å². The molecule has 0 atom stereocenters. The normalized spacial score (nSPS) is 14.7. The molecule has 1 N–H and O–H groups in total. The van der Waals surface area contributed by atoms with Crippen molar-refractivity contribution < 1.29 is 14.3 Å². The Morgan fingerprint density at radius 3 is 2.45 bits per heavy atom. The van der Waals surface area contributed by atoms with E-state index >= 15 is 0 Å². The van der Waals surface area contributed by atoms with Gasteiger partial charge >= 0.3 is 0 Å². The van der Waals surface area contributed by atoms with Crippen LogP contribution in [-0.2, 0) is 11.3 Å². The van der Waals surface area contributed by atoms with Crippen LogP contribution in [0.3, 0.4) is 0 Å². The number of aliphatic hydroxyl groups is 1. The zero-order chi connectivity index (χ0) is 20.8. The Kier molecular flexibility index (Phi) is 4.37. The molecule has 5 aromatic rings. The van der Waals surface area contributed by atoms with Crippen LogP contribution in [0.1, 0.15) is 5.56 Å². The molecule has 0 spiro atoms. The largest absolute Gasteiger partial charge is 0.452 e. The number of fused-ring (bicyclic) bond motifs is 4. The summed E-state index contributed by atoms with van der Waals surface area (Å²) in [4.78, 5) is 7.36. The molecule has 3 aromatic carbocycles. The van der Waals surface area contributed by atoms with Gasteiger partial charge in [0, 0.05) is 23.9 Å². The first-order chi connectivity index (χ1) is 15.3. The average molecular weight is 410 g/mol. The van der Waals surface area contributed by atoms with Gasteiger partial charge in [-0.3, -0.25) is 0 Å². The number of hydrogen-bond donors (Lipinski definition) is 1. The Morgan fingerprint density at radius 1 is 0.871 bits per heavy atom. The van der Waals surface area contributed by atoms with Gasteiger partial charge in [-0.25, -0.2) is 4.98 Å². The van der Waals surface area contributed by atoms with Crippen LogP contribution >= 0.6 is 0 Å². The van der Waals surface area contributed by atoms with E-state index in [1.54, 1.807) is 0 Å². The zero-order valence-corrected chi connectivity index (χ0v) is 17.0. The van der Waals surface area contributed by atoms with Crippen molar-refractivity contribution in [1.82, 2.24) is 4.98 Å². The fourth-order valence-corrected chi connectivity index (χ4v) is 4.45. The van der Waals surface area contributed by atoms with Gasteiger partial charge in [-0.1, -0.05) is 42.5 Å². The first kappa shape index (κ1) is 18.4. The van der Waals surface area contributed by atoms with Crippen LogP contribution in [0.15, 0.2) is 71.1 Å². The Balaban J connectivity index is 1.63. The summed E-state index contributed by atoms with van der Waals surface area (Å²) in [6.45, 7) is 3.09. The van der Waals surface area contributed by atoms with Crippen LogP contribution < -0.4 is 4.90 Å². The van der Waals surface area contributed by atoms with Crippen LogP contribution in [0.2, 0.25) is 0 Å². The molecular weight excluding hydrogens is 388 g/mol. The van der Waals surface area contributed by atoms with Gasteiger partial charge in [0.25, 0.3) is 0 Å². The number of morpholine rings is 1. The molecule has 0 bridgehead atoms. The van der Waals surface area contributed by atoms with E-state index in [4.69, 9.17) is 14.1 Å². The monoisotopic (exact) mass is 410 g/mol. The third-order valence-corrected chi connectivity index (χ3v) is 6.07. The van der Waals surface area contributed by atoms with Gasteiger partial charge in [0.1, 0.15) is 11.1 Å². The highest BCUT2D eigenvalue weighted by Gasteiger charge is 2.22. The lowest BCUT2D eigenvalue weighted by Crippen LogP contribution is -2.36. The number of furan rings is 1. The number of ether oxygens (including phenoxy) is 1. The summed E-state index contributed by atoms with van der Waals surface area (Å²) < 4.78 is 12.0. The third kappa shape index (κ3) is 3.05. The fraction of sp³-hybridized carbons (Fsp3) is 0.192. The topological polar surface area (TPSA) is 58.7 Å². The summed E-state index contributed by atoms with van der Waals surface area (Å²) in [6, 6.07) is 22.5. The van der Waals surface area contributed by atoms with Crippen molar-refractivity contribution in [3.05, 3.63) is 72.3 Å². The molecule has 2 aromatic heterocycles. The van der Waals surface area contributed by atoms with Crippen molar-refractivity contribution in [3.8, 4) is 11.1 Å². The standard InChI is InChI=1S/C26H22N2O3/c29-16-17-5-7-18(8-6-17)19-9-10-22-21(15-19)25(28-11-13-30-14-12-28)26-24(27-22)20-3-1-2-4-23(20)31-26/h1-10,15,29H,11-14,16H2. The quantitative estimate of drug-likeness (QED) is 0.447. The lowest BCUT2D eigenvalue weighted by atomic mass is 10.0. The summed E-state index contributed by atoms with van der Waals surface area (Å²) in [5.41, 5.74) is 7.77. The molecule has 1 aliphatic heterocycles. The lowest BCUT2D eigenvalue weighted by molar-refractivity contribution is 0.123. The van der Waals surface area contributed by atoms with Gasteiger partial charge in [-0.2, -0.15) is 0 Å². The Labute approximate surface area is 179 Å². The van der Waals surface area contributed by atoms with Gasteiger partial charge in [-0.15, -0.1) is 0 Å². The highest BCUT2D eigenvalue weighted by Crippen LogP contribution is 2.40. The van der Waals surface area contributed by atoms with Gasteiger partial charge < -0.3 is 19.2 Å². The highest BCUT2D eigenvalue weighted by atomic mass is 16.5. The zero-order valence-electron chi connectivity index (χ0n) is 17.0. The molecule has 0 aliphatic carbocycles. The second-order valence-corrected chi connectivity index (χ2v) is 7.92. The predicted octanol–water partition coefficient (Wildman–Crippen LogP) is 5.13. The van der Waals surface area contributed by atoms with Crippen molar-refractivity contribution in [2.75, 3.05) is 31.2 Å². The predicted molar refractivity (Wildman–Crippen MR) is 123 cm³/mol. The maximum Gasteiger partial charge on any atom is 0.177 e. The number of anilines is 1. The van der Waals surface area contributed by atoms with E-state index in [1.807, 2.05) is 42.5 Å². The molecule has 3 heterocycles. The Morgan fingerprint density at radius 2 is 1.65 bits per heavy atom. The molecule has 31 heavy (non-hydrogen) atoms. The molecule has 0 unspecified atom stereocenters. The average Bonchev–Trinajstić information content (AvgIpc) is 3.21. The van der Waals surface area contributed by atoms with Crippen LogP contribution in [0.4, 0.5) is 5.69 Å². The van der Waals surface area contributed by atoms with Gasteiger partial charge in [0.2, 0.25) is 0 Å². The number of benzene rings is 3.